The Balaban J connectivity index is 1.90. The Labute approximate surface area is 122 Å². The number of nitrogens with zero attached hydrogens (tertiary/aromatic N) is 2. The Morgan fingerprint density at radius 3 is 3.10 bits per heavy atom. The fourth-order valence-corrected chi connectivity index (χ4v) is 2.27. The van der Waals surface area contributed by atoms with Crippen molar-refractivity contribution in [3.8, 4) is 17.6 Å². The number of fused-ring (bicyclic) bond motifs is 1. The molecule has 0 saturated carbocycles. The van der Waals surface area contributed by atoms with Crippen molar-refractivity contribution in [2.45, 2.75) is 13.2 Å². The van der Waals surface area contributed by atoms with Crippen molar-refractivity contribution < 1.29 is 9.47 Å². The predicted molar refractivity (Wildman–Crippen MR) is 75.9 cm³/mol. The molecule has 0 atom stereocenters. The molecule has 0 radical (unpaired) electrons. The second-order valence-corrected chi connectivity index (χ2v) is 4.77. The molecule has 102 valence electrons. The van der Waals surface area contributed by atoms with Gasteiger partial charge in [0.25, 0.3) is 0 Å². The molecule has 0 aliphatic carbocycles. The van der Waals surface area contributed by atoms with Gasteiger partial charge in [-0.05, 0) is 24.1 Å². The van der Waals surface area contributed by atoms with Crippen LogP contribution < -0.4 is 4.74 Å². The van der Waals surface area contributed by atoms with Crippen LogP contribution in [0.15, 0.2) is 24.4 Å². The second kappa shape index (κ2) is 5.58. The number of halogens is 1. The molecule has 1 aromatic heterocycles. The molecule has 5 heteroatoms. The van der Waals surface area contributed by atoms with E-state index in [4.69, 9.17) is 21.1 Å². The van der Waals surface area contributed by atoms with E-state index >= 15 is 0 Å². The largest absolute Gasteiger partial charge is 0.497 e. The summed E-state index contributed by atoms with van der Waals surface area (Å²) >= 11 is 6.17. The van der Waals surface area contributed by atoms with E-state index in [9.17, 15) is 0 Å². The molecule has 0 N–H and O–H groups in total. The highest BCUT2D eigenvalue weighted by atomic mass is 35.5. The number of rotatable bonds is 1. The van der Waals surface area contributed by atoms with E-state index in [0.29, 0.717) is 18.2 Å². The molecule has 3 rings (SSSR count). The van der Waals surface area contributed by atoms with E-state index in [1.165, 1.54) is 0 Å². The minimum Gasteiger partial charge on any atom is -0.497 e. The molecule has 2 heterocycles. The lowest BCUT2D eigenvalue weighted by molar-refractivity contribution is 0.0813. The average molecular weight is 289 g/mol. The van der Waals surface area contributed by atoms with Gasteiger partial charge in [-0.3, -0.25) is 0 Å². The maximum atomic E-state index is 6.17. The summed E-state index contributed by atoms with van der Waals surface area (Å²) in [5.41, 5.74) is 1.66. The number of ether oxygens (including phenoxy) is 2. The van der Waals surface area contributed by atoms with Gasteiger partial charge in [0, 0.05) is 12.1 Å². The molecule has 1 aliphatic rings. The highest BCUT2D eigenvalue weighted by Crippen LogP contribution is 2.21. The SMILES string of the molecule is COc1ccc(C#Cc2cnc3n2CCOC3)c(Cl)c1. The smallest absolute Gasteiger partial charge is 0.135 e. The third-order valence-electron chi connectivity index (χ3n) is 3.13. The van der Waals surface area contributed by atoms with Crippen LogP contribution in [0.5, 0.6) is 5.75 Å². The van der Waals surface area contributed by atoms with Crippen LogP contribution in [-0.2, 0) is 17.9 Å². The summed E-state index contributed by atoms with van der Waals surface area (Å²) in [6, 6.07) is 5.45. The first-order chi connectivity index (χ1) is 9.78. The summed E-state index contributed by atoms with van der Waals surface area (Å²) in [5, 5.41) is 0.582. The van der Waals surface area contributed by atoms with Crippen LogP contribution in [0.3, 0.4) is 0 Å². The minimum atomic E-state index is 0.547. The standard InChI is InChI=1S/C15H13ClN2O2/c1-19-13-5-3-11(14(16)8-13)2-4-12-9-17-15-10-20-7-6-18(12)15/h3,5,8-9H,6-7,10H2,1H3. The highest BCUT2D eigenvalue weighted by molar-refractivity contribution is 6.31. The van der Waals surface area contributed by atoms with E-state index in [2.05, 4.69) is 21.4 Å². The van der Waals surface area contributed by atoms with Gasteiger partial charge in [0.2, 0.25) is 0 Å². The summed E-state index contributed by atoms with van der Waals surface area (Å²) in [5.74, 6) is 7.83. The van der Waals surface area contributed by atoms with Gasteiger partial charge in [-0.15, -0.1) is 0 Å². The van der Waals surface area contributed by atoms with Crippen molar-refractivity contribution in [2.24, 2.45) is 0 Å². The normalized spacial score (nSPS) is 13.3. The van der Waals surface area contributed by atoms with Gasteiger partial charge in [0.15, 0.2) is 0 Å². The summed E-state index contributed by atoms with van der Waals surface area (Å²) in [6.45, 7) is 2.03. The number of hydrogen-bond acceptors (Lipinski definition) is 3. The van der Waals surface area contributed by atoms with Crippen molar-refractivity contribution in [2.75, 3.05) is 13.7 Å². The Kier molecular flexibility index (Phi) is 3.64. The molecule has 0 saturated heterocycles. The Morgan fingerprint density at radius 2 is 2.30 bits per heavy atom. The minimum absolute atomic E-state index is 0.547. The van der Waals surface area contributed by atoms with Gasteiger partial charge >= 0.3 is 0 Å². The van der Waals surface area contributed by atoms with E-state index in [1.54, 1.807) is 19.4 Å². The molecular weight excluding hydrogens is 276 g/mol. The lowest BCUT2D eigenvalue weighted by Gasteiger charge is -2.14. The molecule has 20 heavy (non-hydrogen) atoms. The van der Waals surface area contributed by atoms with Crippen molar-refractivity contribution in [3.05, 3.63) is 46.5 Å². The Bertz CT molecular complexity index is 698. The lowest BCUT2D eigenvalue weighted by atomic mass is 10.2. The van der Waals surface area contributed by atoms with Crippen molar-refractivity contribution in [3.63, 3.8) is 0 Å². The first-order valence-corrected chi connectivity index (χ1v) is 6.63. The summed E-state index contributed by atoms with van der Waals surface area (Å²) in [6.07, 6.45) is 1.77. The maximum absolute atomic E-state index is 6.17. The topological polar surface area (TPSA) is 36.3 Å². The molecule has 0 bridgehead atoms. The van der Waals surface area contributed by atoms with Gasteiger partial charge in [-0.2, -0.15) is 0 Å². The summed E-state index contributed by atoms with van der Waals surface area (Å²) in [7, 11) is 1.61. The zero-order chi connectivity index (χ0) is 13.9. The molecule has 0 spiro atoms. The van der Waals surface area contributed by atoms with Crippen molar-refractivity contribution >= 4 is 11.6 Å². The van der Waals surface area contributed by atoms with Gasteiger partial charge in [-0.25, -0.2) is 4.98 Å². The number of methoxy groups -OCH3 is 1. The van der Waals surface area contributed by atoms with Crippen LogP contribution in [0.1, 0.15) is 17.1 Å². The fraction of sp³-hybridized carbons (Fsp3) is 0.267. The van der Waals surface area contributed by atoms with Crippen LogP contribution >= 0.6 is 11.6 Å². The zero-order valence-corrected chi connectivity index (χ0v) is 11.8. The monoisotopic (exact) mass is 288 g/mol. The predicted octanol–water partition coefficient (Wildman–Crippen LogP) is 2.48. The molecular formula is C15H13ClN2O2. The van der Waals surface area contributed by atoms with E-state index in [0.717, 1.165) is 29.4 Å². The quantitative estimate of drug-likeness (QED) is 0.757. The molecule has 1 aliphatic heterocycles. The number of aromatic nitrogens is 2. The van der Waals surface area contributed by atoms with Crippen LogP contribution in [0.2, 0.25) is 5.02 Å². The zero-order valence-electron chi connectivity index (χ0n) is 11.0. The highest BCUT2D eigenvalue weighted by Gasteiger charge is 2.12. The van der Waals surface area contributed by atoms with E-state index in [1.807, 2.05) is 12.1 Å². The number of benzene rings is 1. The Morgan fingerprint density at radius 1 is 1.40 bits per heavy atom. The average Bonchev–Trinajstić information content (AvgIpc) is 2.89. The molecule has 0 unspecified atom stereocenters. The van der Waals surface area contributed by atoms with Crippen LogP contribution in [0.4, 0.5) is 0 Å². The lowest BCUT2D eigenvalue weighted by Crippen LogP contribution is -2.17. The van der Waals surface area contributed by atoms with Gasteiger partial charge in [0.1, 0.15) is 23.9 Å². The maximum Gasteiger partial charge on any atom is 0.135 e. The van der Waals surface area contributed by atoms with Gasteiger partial charge in [0.05, 0.1) is 24.9 Å². The van der Waals surface area contributed by atoms with Crippen molar-refractivity contribution in [1.29, 1.82) is 0 Å². The second-order valence-electron chi connectivity index (χ2n) is 4.36. The number of hydrogen-bond donors (Lipinski definition) is 0. The molecule has 0 amide bonds. The van der Waals surface area contributed by atoms with Gasteiger partial charge in [-0.1, -0.05) is 17.5 Å². The molecule has 4 nitrogen and oxygen atoms in total. The van der Waals surface area contributed by atoms with Crippen molar-refractivity contribution in [1.82, 2.24) is 9.55 Å². The van der Waals surface area contributed by atoms with E-state index in [-0.39, 0.29) is 0 Å². The van der Waals surface area contributed by atoms with Crippen LogP contribution in [0, 0.1) is 11.8 Å². The third kappa shape index (κ3) is 2.51. The molecule has 2 aromatic rings. The van der Waals surface area contributed by atoms with Crippen LogP contribution in [-0.4, -0.2) is 23.3 Å². The van der Waals surface area contributed by atoms with Crippen LogP contribution in [0.25, 0.3) is 0 Å². The first-order valence-electron chi connectivity index (χ1n) is 6.25. The summed E-state index contributed by atoms with van der Waals surface area (Å²) in [4.78, 5) is 4.30. The fourth-order valence-electron chi connectivity index (χ4n) is 2.05. The number of imidazole rings is 1. The first kappa shape index (κ1) is 13.0. The molecule has 1 aromatic carbocycles. The van der Waals surface area contributed by atoms with Gasteiger partial charge < -0.3 is 14.0 Å². The summed E-state index contributed by atoms with van der Waals surface area (Å²) < 4.78 is 12.5. The van der Waals surface area contributed by atoms with E-state index < -0.39 is 0 Å². The Hall–Kier alpha value is -1.96. The molecule has 0 fully saturated rings. The third-order valence-corrected chi connectivity index (χ3v) is 3.44.